The standard InChI is InChI=1S/C16H22N4O4S3.C4H3ClN2O4S2/c1-11(8-9-25-13-6-4-12(5-7-13)19(2)3)18-16-14(20(21)22)10-15(26-16)27(17,23)24;5-4-2(7(8)9)1-3(12-4)13(6,10)11/h4-7,10-11,18H,8-9H2,1-3H3,(H2,17,23,24);1H,(H2,6,10,11)/t11-;/m1./s1. The molecule has 0 radical (unpaired) electrons. The lowest BCUT2D eigenvalue weighted by atomic mass is 10.2. The predicted molar refractivity (Wildman–Crippen MR) is 159 cm³/mol. The molecule has 0 aliphatic heterocycles. The van der Waals surface area contributed by atoms with Crippen molar-refractivity contribution in [1.29, 1.82) is 0 Å². The number of rotatable bonds is 11. The van der Waals surface area contributed by atoms with E-state index in [0.717, 1.165) is 46.2 Å². The monoisotopic (exact) mass is 672 g/mol. The summed E-state index contributed by atoms with van der Waals surface area (Å²) >= 11 is 8.44. The minimum Gasteiger partial charge on any atom is -0.378 e. The van der Waals surface area contributed by atoms with E-state index >= 15 is 0 Å². The molecule has 0 spiro atoms. The van der Waals surface area contributed by atoms with Crippen molar-refractivity contribution in [3.05, 3.63) is 61.0 Å². The van der Waals surface area contributed by atoms with Crippen molar-refractivity contribution in [3.63, 3.8) is 0 Å². The zero-order chi connectivity index (χ0) is 30.4. The van der Waals surface area contributed by atoms with E-state index in [1.54, 1.807) is 11.8 Å². The van der Waals surface area contributed by atoms with E-state index in [9.17, 15) is 37.1 Å². The van der Waals surface area contributed by atoms with Crippen molar-refractivity contribution in [2.45, 2.75) is 32.7 Å². The molecule has 3 aromatic rings. The molecule has 20 heteroatoms. The lowest BCUT2D eigenvalue weighted by Crippen LogP contribution is -2.15. The SMILES string of the molecule is C[C@H](CCSc1ccc(N(C)C)cc1)Nc1sc(S(N)(=O)=O)cc1[N+](=O)[O-].NS(=O)(=O)c1cc([N+](=O)[O-])c(Cl)s1. The average Bonchev–Trinajstić information content (AvgIpc) is 3.44. The number of hydrogen-bond acceptors (Lipinski definition) is 13. The summed E-state index contributed by atoms with van der Waals surface area (Å²) in [6.45, 7) is 1.90. The Morgan fingerprint density at radius 3 is 1.90 bits per heavy atom. The summed E-state index contributed by atoms with van der Waals surface area (Å²) in [5, 5.41) is 34.4. The summed E-state index contributed by atoms with van der Waals surface area (Å²) in [6, 6.07) is 9.98. The van der Waals surface area contributed by atoms with E-state index in [1.807, 2.05) is 38.1 Å². The number of thiophene rings is 2. The lowest BCUT2D eigenvalue weighted by Gasteiger charge is -2.14. The van der Waals surface area contributed by atoms with Crippen LogP contribution < -0.4 is 20.5 Å². The van der Waals surface area contributed by atoms with Gasteiger partial charge in [0.1, 0.15) is 8.42 Å². The number of hydrogen-bond donors (Lipinski definition) is 3. The molecule has 0 unspecified atom stereocenters. The quantitative estimate of drug-likeness (QED) is 0.148. The molecule has 5 N–H and O–H groups in total. The Hall–Kier alpha value is -2.52. The third-order valence-electron chi connectivity index (χ3n) is 4.84. The van der Waals surface area contributed by atoms with Crippen LogP contribution in [-0.2, 0) is 20.0 Å². The molecule has 0 fully saturated rings. The van der Waals surface area contributed by atoms with Crippen LogP contribution in [0, 0.1) is 20.2 Å². The first-order chi connectivity index (χ1) is 18.4. The second-order valence-electron chi connectivity index (χ2n) is 8.18. The maximum atomic E-state index is 11.4. The molecule has 0 saturated carbocycles. The van der Waals surface area contributed by atoms with Crippen LogP contribution in [0.3, 0.4) is 0 Å². The van der Waals surface area contributed by atoms with Crippen LogP contribution in [-0.4, -0.2) is 52.6 Å². The molecule has 2 heterocycles. The van der Waals surface area contributed by atoms with Gasteiger partial charge in [0.25, 0.3) is 5.69 Å². The van der Waals surface area contributed by atoms with E-state index in [1.165, 1.54) is 0 Å². The molecule has 220 valence electrons. The molecular weight excluding hydrogens is 648 g/mol. The lowest BCUT2D eigenvalue weighted by molar-refractivity contribution is -0.384. The van der Waals surface area contributed by atoms with Gasteiger partial charge in [-0.25, -0.2) is 27.1 Å². The molecule has 0 aliphatic carbocycles. The maximum Gasteiger partial charge on any atom is 0.304 e. The summed E-state index contributed by atoms with van der Waals surface area (Å²) in [6.07, 6.45) is 0.750. The van der Waals surface area contributed by atoms with E-state index in [0.29, 0.717) is 11.3 Å². The number of primary sulfonamides is 2. The number of halogens is 1. The van der Waals surface area contributed by atoms with E-state index in [4.69, 9.17) is 21.9 Å². The third kappa shape index (κ3) is 9.84. The normalized spacial score (nSPS) is 12.2. The molecule has 0 bridgehead atoms. The molecule has 1 atom stereocenters. The van der Waals surface area contributed by atoms with Gasteiger partial charge in [0.15, 0.2) is 9.34 Å². The summed E-state index contributed by atoms with van der Waals surface area (Å²) in [5.41, 5.74) is 0.406. The van der Waals surface area contributed by atoms with Gasteiger partial charge < -0.3 is 10.2 Å². The van der Waals surface area contributed by atoms with Gasteiger partial charge in [0.05, 0.1) is 9.85 Å². The van der Waals surface area contributed by atoms with Crippen LogP contribution in [0.15, 0.2) is 49.7 Å². The molecule has 40 heavy (non-hydrogen) atoms. The third-order valence-corrected chi connectivity index (χ3v) is 11.1. The van der Waals surface area contributed by atoms with Gasteiger partial charge in [-0.05, 0) is 43.4 Å². The fourth-order valence-electron chi connectivity index (χ4n) is 2.83. The summed E-state index contributed by atoms with van der Waals surface area (Å²) in [4.78, 5) is 23.2. The highest BCUT2D eigenvalue weighted by atomic mass is 35.5. The van der Waals surface area contributed by atoms with Crippen molar-refractivity contribution in [1.82, 2.24) is 0 Å². The minimum atomic E-state index is -3.97. The molecule has 14 nitrogen and oxygen atoms in total. The molecule has 0 aliphatic rings. The summed E-state index contributed by atoms with van der Waals surface area (Å²) < 4.78 is 43.6. The number of sulfonamides is 2. The van der Waals surface area contributed by atoms with Crippen LogP contribution in [0.2, 0.25) is 4.34 Å². The zero-order valence-electron chi connectivity index (χ0n) is 21.1. The highest BCUT2D eigenvalue weighted by molar-refractivity contribution is 7.99. The smallest absolute Gasteiger partial charge is 0.304 e. The highest BCUT2D eigenvalue weighted by Crippen LogP contribution is 2.37. The van der Waals surface area contributed by atoms with E-state index in [2.05, 4.69) is 17.4 Å². The maximum absolute atomic E-state index is 11.4. The van der Waals surface area contributed by atoms with Crippen LogP contribution in [0.25, 0.3) is 0 Å². The van der Waals surface area contributed by atoms with Gasteiger partial charge in [0, 0.05) is 42.9 Å². The first-order valence-electron chi connectivity index (χ1n) is 10.8. The van der Waals surface area contributed by atoms with Gasteiger partial charge in [-0.15, -0.1) is 23.1 Å². The number of nitrogens with one attached hydrogen (secondary N) is 1. The van der Waals surface area contributed by atoms with Gasteiger partial charge in [-0.1, -0.05) is 22.9 Å². The fraction of sp³-hybridized carbons (Fsp3) is 0.300. The molecule has 1 aromatic carbocycles. The first kappa shape index (κ1) is 33.7. The Morgan fingerprint density at radius 2 is 1.48 bits per heavy atom. The molecular formula is C20H25ClN6O8S5. The molecule has 3 rings (SSSR count). The summed E-state index contributed by atoms with van der Waals surface area (Å²) in [7, 11) is -3.91. The van der Waals surface area contributed by atoms with Crippen molar-refractivity contribution in [2.24, 2.45) is 10.3 Å². The van der Waals surface area contributed by atoms with Gasteiger partial charge >= 0.3 is 5.69 Å². The van der Waals surface area contributed by atoms with Crippen LogP contribution >= 0.6 is 46.0 Å². The van der Waals surface area contributed by atoms with Gasteiger partial charge in [-0.2, -0.15) is 0 Å². The highest BCUT2D eigenvalue weighted by Gasteiger charge is 2.25. The molecule has 0 amide bonds. The van der Waals surface area contributed by atoms with Crippen LogP contribution in [0.5, 0.6) is 0 Å². The van der Waals surface area contributed by atoms with Crippen molar-refractivity contribution in [2.75, 3.05) is 30.1 Å². The topological polar surface area (TPSA) is 222 Å². The number of thioether (sulfide) groups is 1. The second-order valence-corrected chi connectivity index (χ2v) is 15.6. The average molecular weight is 673 g/mol. The number of nitrogens with two attached hydrogens (primary N) is 2. The number of anilines is 2. The predicted octanol–water partition coefficient (Wildman–Crippen LogP) is 4.31. The second kappa shape index (κ2) is 13.9. The van der Waals surface area contributed by atoms with Crippen LogP contribution in [0.1, 0.15) is 13.3 Å². The molecule has 2 aromatic heterocycles. The zero-order valence-corrected chi connectivity index (χ0v) is 26.0. The van der Waals surface area contributed by atoms with Crippen molar-refractivity contribution in [3.8, 4) is 0 Å². The first-order valence-corrected chi connectivity index (χ1v) is 16.9. The van der Waals surface area contributed by atoms with Gasteiger partial charge in [0.2, 0.25) is 20.0 Å². The van der Waals surface area contributed by atoms with Crippen molar-refractivity contribution < 1.29 is 26.7 Å². The Bertz CT molecular complexity index is 1570. The van der Waals surface area contributed by atoms with E-state index in [-0.39, 0.29) is 29.5 Å². The number of nitrogens with zero attached hydrogens (tertiary/aromatic N) is 3. The largest absolute Gasteiger partial charge is 0.378 e. The Balaban J connectivity index is 0.000000360. The Morgan fingerprint density at radius 1 is 0.975 bits per heavy atom. The fourth-order valence-corrected chi connectivity index (χ4v) is 7.81. The Labute approximate surface area is 247 Å². The summed E-state index contributed by atoms with van der Waals surface area (Å²) in [5.74, 6) is 0.816. The molecule has 0 saturated heterocycles. The Kier molecular flexibility index (Phi) is 11.7. The van der Waals surface area contributed by atoms with Crippen molar-refractivity contribution >= 4 is 88.1 Å². The number of benzene rings is 1. The van der Waals surface area contributed by atoms with E-state index < -0.39 is 35.6 Å². The number of nitro groups is 2. The minimum absolute atomic E-state index is 0.0655. The van der Waals surface area contributed by atoms with Crippen LogP contribution in [0.4, 0.5) is 22.1 Å². The van der Waals surface area contributed by atoms with Gasteiger partial charge in [-0.3, -0.25) is 20.2 Å².